The van der Waals surface area contributed by atoms with Gasteiger partial charge in [-0.15, -0.1) is 0 Å². The topological polar surface area (TPSA) is 43.8 Å². The lowest BCUT2D eigenvalue weighted by Gasteiger charge is -2.09. The van der Waals surface area contributed by atoms with Crippen LogP contribution in [0.5, 0.6) is 0 Å². The Morgan fingerprint density at radius 1 is 0.955 bits per heavy atom. The average molecular weight is 353 g/mol. The molecule has 0 amide bonds. The smallest absolute Gasteiger partial charge is 0.0771 e. The fourth-order valence-corrected chi connectivity index (χ4v) is 2.68. The van der Waals surface area contributed by atoms with Crippen LogP contribution in [0.15, 0.2) is 48.5 Å². The molecule has 0 unspecified atom stereocenters. The normalized spacial score (nSPS) is 10.9. The number of aromatic nitrogens is 2. The second-order valence-electron chi connectivity index (χ2n) is 4.75. The number of halogens is 3. The summed E-state index contributed by atoms with van der Waals surface area (Å²) in [6.45, 7) is 0.349. The first-order valence-corrected chi connectivity index (χ1v) is 7.72. The van der Waals surface area contributed by atoms with E-state index in [4.69, 9.17) is 40.5 Å². The van der Waals surface area contributed by atoms with Crippen molar-refractivity contribution in [2.75, 3.05) is 0 Å². The van der Waals surface area contributed by atoms with Gasteiger partial charge < -0.3 is 5.73 Å². The lowest BCUT2D eigenvalue weighted by atomic mass is 10.1. The molecule has 112 valence electrons. The maximum absolute atomic E-state index is 6.12. The Hall–Kier alpha value is -1.52. The van der Waals surface area contributed by atoms with E-state index in [-0.39, 0.29) is 0 Å². The van der Waals surface area contributed by atoms with Crippen molar-refractivity contribution in [3.8, 4) is 16.9 Å². The maximum Gasteiger partial charge on any atom is 0.0771 e. The van der Waals surface area contributed by atoms with Crippen molar-refractivity contribution in [2.24, 2.45) is 5.73 Å². The van der Waals surface area contributed by atoms with Crippen molar-refractivity contribution < 1.29 is 0 Å². The van der Waals surface area contributed by atoms with E-state index in [0.717, 1.165) is 22.6 Å². The summed E-state index contributed by atoms with van der Waals surface area (Å²) in [5.41, 5.74) is 9.14. The summed E-state index contributed by atoms with van der Waals surface area (Å²) in [7, 11) is 0. The van der Waals surface area contributed by atoms with E-state index in [1.54, 1.807) is 10.7 Å². The first-order chi connectivity index (χ1) is 10.6. The zero-order valence-corrected chi connectivity index (χ0v) is 13.7. The predicted molar refractivity (Wildman–Crippen MR) is 91.9 cm³/mol. The van der Waals surface area contributed by atoms with Crippen LogP contribution < -0.4 is 5.73 Å². The van der Waals surface area contributed by atoms with E-state index in [1.165, 1.54) is 0 Å². The van der Waals surface area contributed by atoms with Crippen LogP contribution in [-0.2, 0) is 6.54 Å². The molecule has 0 radical (unpaired) electrons. The molecule has 3 aromatic rings. The summed E-state index contributed by atoms with van der Waals surface area (Å²) >= 11 is 18.2. The summed E-state index contributed by atoms with van der Waals surface area (Å²) in [6, 6.07) is 14.9. The molecule has 2 aromatic carbocycles. The highest BCUT2D eigenvalue weighted by molar-refractivity contribution is 6.42. The first-order valence-electron chi connectivity index (χ1n) is 6.59. The van der Waals surface area contributed by atoms with E-state index >= 15 is 0 Å². The second-order valence-corrected chi connectivity index (χ2v) is 6.00. The molecule has 2 N–H and O–H groups in total. The van der Waals surface area contributed by atoms with Crippen LogP contribution in [0, 0.1) is 0 Å². The van der Waals surface area contributed by atoms with Crippen molar-refractivity contribution >= 4 is 34.8 Å². The van der Waals surface area contributed by atoms with Gasteiger partial charge in [-0.3, -0.25) is 0 Å². The third-order valence-corrected chi connectivity index (χ3v) is 4.21. The van der Waals surface area contributed by atoms with Gasteiger partial charge in [-0.2, -0.15) is 5.10 Å². The molecule has 0 aliphatic heterocycles. The molecule has 0 spiro atoms. The molecule has 0 atom stereocenters. The lowest BCUT2D eigenvalue weighted by molar-refractivity contribution is 0.838. The van der Waals surface area contributed by atoms with E-state index < -0.39 is 0 Å². The largest absolute Gasteiger partial charge is 0.325 e. The fraction of sp³-hybridized carbons (Fsp3) is 0.0625. The molecule has 0 saturated heterocycles. The molecule has 0 bridgehead atoms. The Kier molecular flexibility index (Phi) is 4.41. The summed E-state index contributed by atoms with van der Waals surface area (Å²) in [4.78, 5) is 0. The van der Waals surface area contributed by atoms with Gasteiger partial charge in [0.2, 0.25) is 0 Å². The van der Waals surface area contributed by atoms with Crippen LogP contribution in [0.1, 0.15) is 5.69 Å². The van der Waals surface area contributed by atoms with Crippen LogP contribution in [0.2, 0.25) is 15.1 Å². The number of nitrogens with two attached hydrogens (primary N) is 1. The lowest BCUT2D eigenvalue weighted by Crippen LogP contribution is -2.01. The van der Waals surface area contributed by atoms with E-state index in [2.05, 4.69) is 5.10 Å². The predicted octanol–water partition coefficient (Wildman–Crippen LogP) is 4.96. The molecule has 0 saturated carbocycles. The number of hydrogen-bond acceptors (Lipinski definition) is 2. The molecule has 3 nitrogen and oxygen atoms in total. The molecule has 3 rings (SSSR count). The van der Waals surface area contributed by atoms with Gasteiger partial charge in [0.25, 0.3) is 0 Å². The van der Waals surface area contributed by atoms with Crippen LogP contribution in [-0.4, -0.2) is 9.78 Å². The molecule has 1 heterocycles. The molecule has 0 aliphatic rings. The summed E-state index contributed by atoms with van der Waals surface area (Å²) < 4.78 is 1.80. The van der Waals surface area contributed by atoms with E-state index in [9.17, 15) is 0 Å². The van der Waals surface area contributed by atoms with Gasteiger partial charge in [-0.25, -0.2) is 4.68 Å². The summed E-state index contributed by atoms with van der Waals surface area (Å²) in [6.07, 6.45) is 0. The fourth-order valence-electron chi connectivity index (χ4n) is 2.20. The number of rotatable bonds is 3. The van der Waals surface area contributed by atoms with Crippen LogP contribution >= 0.6 is 34.8 Å². The Balaban J connectivity index is 2.18. The van der Waals surface area contributed by atoms with Gasteiger partial charge in [0.1, 0.15) is 0 Å². The highest BCUT2D eigenvalue weighted by atomic mass is 35.5. The van der Waals surface area contributed by atoms with Crippen LogP contribution in [0.25, 0.3) is 16.9 Å². The Morgan fingerprint density at radius 2 is 1.77 bits per heavy atom. The molecular formula is C16H12Cl3N3. The zero-order chi connectivity index (χ0) is 15.7. The monoisotopic (exact) mass is 351 g/mol. The third kappa shape index (κ3) is 2.99. The van der Waals surface area contributed by atoms with Crippen LogP contribution in [0.3, 0.4) is 0 Å². The Labute approximate surface area is 143 Å². The Bertz CT molecular complexity index is 827. The maximum atomic E-state index is 6.12. The van der Waals surface area contributed by atoms with Crippen molar-refractivity contribution in [3.05, 3.63) is 69.3 Å². The first kappa shape index (κ1) is 15.4. The average Bonchev–Trinajstić information content (AvgIpc) is 2.94. The molecule has 22 heavy (non-hydrogen) atoms. The zero-order valence-electron chi connectivity index (χ0n) is 11.4. The van der Waals surface area contributed by atoms with Gasteiger partial charge in [0.05, 0.1) is 27.1 Å². The van der Waals surface area contributed by atoms with Gasteiger partial charge in [-0.05, 0) is 36.4 Å². The summed E-state index contributed by atoms with van der Waals surface area (Å²) in [5.74, 6) is 0. The molecule has 0 aliphatic carbocycles. The van der Waals surface area contributed by atoms with Gasteiger partial charge in [-0.1, -0.05) is 46.9 Å². The van der Waals surface area contributed by atoms with Crippen molar-refractivity contribution in [1.82, 2.24) is 9.78 Å². The van der Waals surface area contributed by atoms with Gasteiger partial charge in [0, 0.05) is 17.1 Å². The van der Waals surface area contributed by atoms with Crippen LogP contribution in [0.4, 0.5) is 0 Å². The van der Waals surface area contributed by atoms with Crippen molar-refractivity contribution in [2.45, 2.75) is 6.54 Å². The van der Waals surface area contributed by atoms with Crippen molar-refractivity contribution in [1.29, 1.82) is 0 Å². The Morgan fingerprint density at radius 3 is 2.45 bits per heavy atom. The molecule has 1 aromatic heterocycles. The van der Waals surface area contributed by atoms with Gasteiger partial charge in [0.15, 0.2) is 0 Å². The molecule has 6 heteroatoms. The minimum Gasteiger partial charge on any atom is -0.325 e. The number of nitrogens with zero attached hydrogens (tertiary/aromatic N) is 2. The SMILES string of the molecule is NCc1cc(-c2ccc(Cl)c(Cl)c2)n(-c2cccc(Cl)c2)n1. The second kappa shape index (κ2) is 6.31. The van der Waals surface area contributed by atoms with E-state index in [1.807, 2.05) is 42.5 Å². The quantitative estimate of drug-likeness (QED) is 0.724. The minimum absolute atomic E-state index is 0.349. The molecular weight excluding hydrogens is 341 g/mol. The van der Waals surface area contributed by atoms with Gasteiger partial charge >= 0.3 is 0 Å². The number of benzene rings is 2. The highest BCUT2D eigenvalue weighted by Crippen LogP contribution is 2.30. The molecule has 0 fully saturated rings. The standard InChI is InChI=1S/C16H12Cl3N3/c17-11-2-1-3-13(7-11)22-16(8-12(9-20)21-22)10-4-5-14(18)15(19)6-10/h1-8H,9,20H2. The third-order valence-electron chi connectivity index (χ3n) is 3.24. The highest BCUT2D eigenvalue weighted by Gasteiger charge is 2.12. The minimum atomic E-state index is 0.349. The van der Waals surface area contributed by atoms with Crippen molar-refractivity contribution in [3.63, 3.8) is 0 Å². The summed E-state index contributed by atoms with van der Waals surface area (Å²) in [5, 5.41) is 6.17. The number of hydrogen-bond donors (Lipinski definition) is 1. The van der Waals surface area contributed by atoms with E-state index in [0.29, 0.717) is 21.6 Å².